The number of rotatable bonds is 16. The lowest BCUT2D eigenvalue weighted by atomic mass is 10.1. The topological polar surface area (TPSA) is 60.2 Å². The molecule has 0 saturated carbocycles. The molecule has 0 aromatic carbocycles. The van der Waals surface area contributed by atoms with Crippen molar-refractivity contribution in [2.45, 2.75) is 84.0 Å². The van der Waals surface area contributed by atoms with Crippen molar-refractivity contribution in [2.24, 2.45) is 0 Å². The second-order valence-corrected chi connectivity index (χ2v) is 5.98. The Labute approximate surface area is 146 Å². The molecule has 0 aromatic rings. The third-order valence-electron chi connectivity index (χ3n) is 3.81. The summed E-state index contributed by atoms with van der Waals surface area (Å²) in [5.74, 6) is 0. The summed E-state index contributed by atoms with van der Waals surface area (Å²) >= 11 is 0. The first-order chi connectivity index (χ1) is 11.7. The van der Waals surface area contributed by atoms with Crippen molar-refractivity contribution in [3.05, 3.63) is 46.2 Å². The Morgan fingerprint density at radius 2 is 1.54 bits per heavy atom. The van der Waals surface area contributed by atoms with E-state index in [4.69, 9.17) is 0 Å². The molecule has 0 aliphatic heterocycles. The zero-order valence-corrected chi connectivity index (χ0v) is 15.1. The van der Waals surface area contributed by atoms with Gasteiger partial charge in [-0.2, -0.15) is 0 Å². The highest BCUT2D eigenvalue weighted by molar-refractivity contribution is 5.48. The largest absolute Gasteiger partial charge is 0.303 e. The van der Waals surface area contributed by atoms with Gasteiger partial charge in [0.2, 0.25) is 5.70 Å². The number of carbonyl (C=O) groups is 1. The Bertz CT molecular complexity index is 411. The number of aldehydes is 1. The molecule has 0 N–H and O–H groups in total. The van der Waals surface area contributed by atoms with E-state index in [1.54, 1.807) is 6.08 Å². The van der Waals surface area contributed by atoms with E-state index in [0.717, 1.165) is 44.8 Å². The predicted octanol–water partition coefficient (Wildman–Crippen LogP) is 6.16. The summed E-state index contributed by atoms with van der Waals surface area (Å²) in [7, 11) is 0. The first kappa shape index (κ1) is 22.3. The molecule has 0 heterocycles. The van der Waals surface area contributed by atoms with Gasteiger partial charge in [-0.25, -0.2) is 0 Å². The summed E-state index contributed by atoms with van der Waals surface area (Å²) in [4.78, 5) is 20.9. The second kappa shape index (κ2) is 17.6. The molecule has 0 rings (SSSR count). The first-order valence-electron chi connectivity index (χ1n) is 9.29. The van der Waals surface area contributed by atoms with Crippen LogP contribution >= 0.6 is 0 Å². The van der Waals surface area contributed by atoms with Gasteiger partial charge in [0.25, 0.3) is 0 Å². The molecule has 4 nitrogen and oxygen atoms in total. The van der Waals surface area contributed by atoms with Gasteiger partial charge in [-0.15, -0.1) is 0 Å². The number of allylic oxidation sites excluding steroid dienone is 6. The maximum atomic E-state index is 11.0. The zero-order chi connectivity index (χ0) is 17.9. The smallest absolute Gasteiger partial charge is 0.242 e. The maximum Gasteiger partial charge on any atom is 0.242 e. The monoisotopic (exact) mass is 335 g/mol. The lowest BCUT2D eigenvalue weighted by Crippen LogP contribution is -1.98. The molecule has 0 radical (unpaired) electrons. The molecule has 0 spiro atoms. The van der Waals surface area contributed by atoms with Crippen LogP contribution in [0, 0.1) is 10.1 Å². The molecule has 0 fully saturated rings. The van der Waals surface area contributed by atoms with Gasteiger partial charge < -0.3 is 4.79 Å². The van der Waals surface area contributed by atoms with Crippen molar-refractivity contribution < 1.29 is 9.72 Å². The molecule has 0 unspecified atom stereocenters. The van der Waals surface area contributed by atoms with Crippen molar-refractivity contribution in [1.82, 2.24) is 0 Å². The third kappa shape index (κ3) is 15.2. The number of nitro groups is 1. The quantitative estimate of drug-likeness (QED) is 0.112. The summed E-state index contributed by atoms with van der Waals surface area (Å²) in [5, 5.41) is 11.0. The van der Waals surface area contributed by atoms with Crippen LogP contribution in [0.2, 0.25) is 0 Å². The number of hydrogen-bond donors (Lipinski definition) is 0. The summed E-state index contributed by atoms with van der Waals surface area (Å²) in [5.41, 5.74) is 0.310. The van der Waals surface area contributed by atoms with Crippen LogP contribution in [0.5, 0.6) is 0 Å². The van der Waals surface area contributed by atoms with Crippen LogP contribution in [-0.2, 0) is 4.79 Å². The van der Waals surface area contributed by atoms with Crippen LogP contribution in [-0.4, -0.2) is 11.2 Å². The normalized spacial score (nSPS) is 12.3. The van der Waals surface area contributed by atoms with Crippen molar-refractivity contribution >= 4 is 6.29 Å². The molecular weight excluding hydrogens is 302 g/mol. The molecule has 0 bridgehead atoms. The minimum absolute atomic E-state index is 0.271. The Morgan fingerprint density at radius 3 is 2.25 bits per heavy atom. The highest BCUT2D eigenvalue weighted by atomic mass is 16.6. The standard InChI is InChI=1S/C20H33NO3/c1-2-3-4-5-6-7-8-9-11-14-17-20(21(23)24)18-15-12-10-13-16-19-22/h6-7,9,11,17,19H,2-5,8,10,12-16,18H2,1H3/b7-6+,11-9+,20-17-. The van der Waals surface area contributed by atoms with Gasteiger partial charge in [-0.05, 0) is 44.6 Å². The van der Waals surface area contributed by atoms with E-state index in [1.165, 1.54) is 19.3 Å². The lowest BCUT2D eigenvalue weighted by Gasteiger charge is -1.99. The Hall–Kier alpha value is -1.71. The molecule has 0 atom stereocenters. The summed E-state index contributed by atoms with van der Waals surface area (Å²) < 4.78 is 0. The summed E-state index contributed by atoms with van der Waals surface area (Å²) in [6, 6.07) is 0. The second-order valence-electron chi connectivity index (χ2n) is 5.98. The van der Waals surface area contributed by atoms with Crippen LogP contribution in [0.3, 0.4) is 0 Å². The molecule has 0 aliphatic carbocycles. The number of unbranched alkanes of at least 4 members (excludes halogenated alkanes) is 7. The molecule has 4 heteroatoms. The Morgan fingerprint density at radius 1 is 0.875 bits per heavy atom. The average Bonchev–Trinajstić information content (AvgIpc) is 2.57. The molecule has 0 amide bonds. The van der Waals surface area contributed by atoms with Crippen molar-refractivity contribution in [3.8, 4) is 0 Å². The SMILES string of the molecule is CCCCC/C=C/C/C=C/C/C=C(/CCCCCCC=O)[N+](=O)[O-]. The maximum absolute atomic E-state index is 11.0. The third-order valence-corrected chi connectivity index (χ3v) is 3.81. The average molecular weight is 335 g/mol. The molecule has 24 heavy (non-hydrogen) atoms. The molecule has 0 aromatic heterocycles. The Kier molecular flexibility index (Phi) is 16.4. The van der Waals surface area contributed by atoms with E-state index in [2.05, 4.69) is 25.2 Å². The minimum atomic E-state index is -0.271. The Balaban J connectivity index is 3.88. The van der Waals surface area contributed by atoms with Gasteiger partial charge >= 0.3 is 0 Å². The van der Waals surface area contributed by atoms with E-state index in [0.29, 0.717) is 25.0 Å². The van der Waals surface area contributed by atoms with E-state index >= 15 is 0 Å². The summed E-state index contributed by atoms with van der Waals surface area (Å²) in [6.07, 6.45) is 22.2. The van der Waals surface area contributed by atoms with Crippen molar-refractivity contribution in [2.75, 3.05) is 0 Å². The van der Waals surface area contributed by atoms with Crippen molar-refractivity contribution in [1.29, 1.82) is 0 Å². The van der Waals surface area contributed by atoms with Gasteiger partial charge in [0.15, 0.2) is 0 Å². The van der Waals surface area contributed by atoms with Gasteiger partial charge in [0, 0.05) is 12.8 Å². The fourth-order valence-corrected chi connectivity index (χ4v) is 2.36. The van der Waals surface area contributed by atoms with Gasteiger partial charge in [-0.1, -0.05) is 56.9 Å². The number of hydrogen-bond acceptors (Lipinski definition) is 3. The highest BCUT2D eigenvalue weighted by Crippen LogP contribution is 2.12. The molecule has 0 aliphatic rings. The van der Waals surface area contributed by atoms with Crippen LogP contribution < -0.4 is 0 Å². The van der Waals surface area contributed by atoms with Crippen LogP contribution in [0.25, 0.3) is 0 Å². The van der Waals surface area contributed by atoms with Gasteiger partial charge in [-0.3, -0.25) is 10.1 Å². The lowest BCUT2D eigenvalue weighted by molar-refractivity contribution is -0.428. The minimum Gasteiger partial charge on any atom is -0.303 e. The number of nitrogens with zero attached hydrogens (tertiary/aromatic N) is 1. The van der Waals surface area contributed by atoms with E-state index in [1.807, 2.05) is 6.08 Å². The van der Waals surface area contributed by atoms with Gasteiger partial charge in [0.1, 0.15) is 6.29 Å². The van der Waals surface area contributed by atoms with E-state index < -0.39 is 0 Å². The van der Waals surface area contributed by atoms with Crippen LogP contribution in [0.4, 0.5) is 0 Å². The van der Waals surface area contributed by atoms with Crippen LogP contribution in [0.1, 0.15) is 84.0 Å². The first-order valence-corrected chi connectivity index (χ1v) is 9.29. The number of carbonyl (C=O) groups excluding carboxylic acids is 1. The zero-order valence-electron chi connectivity index (χ0n) is 15.1. The van der Waals surface area contributed by atoms with E-state index in [9.17, 15) is 14.9 Å². The van der Waals surface area contributed by atoms with Crippen LogP contribution in [0.15, 0.2) is 36.1 Å². The molecular formula is C20H33NO3. The van der Waals surface area contributed by atoms with Crippen molar-refractivity contribution in [3.63, 3.8) is 0 Å². The highest BCUT2D eigenvalue weighted by Gasteiger charge is 2.08. The summed E-state index contributed by atoms with van der Waals surface area (Å²) in [6.45, 7) is 2.20. The predicted molar refractivity (Wildman–Crippen MR) is 100 cm³/mol. The molecule has 0 saturated heterocycles. The fraction of sp³-hybridized carbons (Fsp3) is 0.650. The van der Waals surface area contributed by atoms with E-state index in [-0.39, 0.29) is 4.92 Å². The van der Waals surface area contributed by atoms with Gasteiger partial charge in [0.05, 0.1) is 4.92 Å². The molecule has 136 valence electrons. The fourth-order valence-electron chi connectivity index (χ4n) is 2.36.